The van der Waals surface area contributed by atoms with Crippen molar-refractivity contribution in [2.24, 2.45) is 11.3 Å². The minimum absolute atomic E-state index is 0.114. The SMILES string of the molecule is C[C@H]1C[C@H](O)CC(C)(C)[C@@H]1O. The molecule has 1 aliphatic rings. The lowest BCUT2D eigenvalue weighted by molar-refractivity contribution is -0.0727. The molecule has 1 saturated carbocycles. The van der Waals surface area contributed by atoms with Crippen molar-refractivity contribution in [2.45, 2.75) is 45.8 Å². The number of rotatable bonds is 0. The summed E-state index contributed by atoms with van der Waals surface area (Å²) in [6.45, 7) is 6.02. The van der Waals surface area contributed by atoms with Crippen LogP contribution in [0.15, 0.2) is 0 Å². The molecule has 3 atom stereocenters. The van der Waals surface area contributed by atoms with E-state index in [-0.39, 0.29) is 23.5 Å². The van der Waals surface area contributed by atoms with Gasteiger partial charge in [0.2, 0.25) is 0 Å². The molecule has 0 radical (unpaired) electrons. The lowest BCUT2D eigenvalue weighted by atomic mass is 9.69. The van der Waals surface area contributed by atoms with Crippen LogP contribution in [0.3, 0.4) is 0 Å². The quantitative estimate of drug-likeness (QED) is 0.555. The van der Waals surface area contributed by atoms with Crippen molar-refractivity contribution in [2.75, 3.05) is 0 Å². The lowest BCUT2D eigenvalue weighted by Gasteiger charge is -2.41. The summed E-state index contributed by atoms with van der Waals surface area (Å²) in [5.41, 5.74) is -0.114. The molecular formula is C9H18O2. The maximum atomic E-state index is 9.71. The summed E-state index contributed by atoms with van der Waals surface area (Å²) in [7, 11) is 0. The van der Waals surface area contributed by atoms with Crippen molar-refractivity contribution < 1.29 is 10.2 Å². The maximum absolute atomic E-state index is 9.71. The van der Waals surface area contributed by atoms with E-state index in [0.717, 1.165) is 12.8 Å². The molecule has 2 heteroatoms. The molecule has 1 rings (SSSR count). The van der Waals surface area contributed by atoms with Gasteiger partial charge in [0, 0.05) is 0 Å². The second-order valence-corrected chi connectivity index (χ2v) is 4.50. The minimum Gasteiger partial charge on any atom is -0.393 e. The van der Waals surface area contributed by atoms with Gasteiger partial charge in [-0.15, -0.1) is 0 Å². The highest BCUT2D eigenvalue weighted by Crippen LogP contribution is 2.38. The fourth-order valence-corrected chi connectivity index (χ4v) is 2.14. The van der Waals surface area contributed by atoms with Gasteiger partial charge in [-0.05, 0) is 24.2 Å². The van der Waals surface area contributed by atoms with Gasteiger partial charge in [-0.25, -0.2) is 0 Å². The van der Waals surface area contributed by atoms with Crippen molar-refractivity contribution in [1.29, 1.82) is 0 Å². The minimum atomic E-state index is -0.258. The van der Waals surface area contributed by atoms with Crippen LogP contribution in [0.25, 0.3) is 0 Å². The Balaban J connectivity index is 2.67. The van der Waals surface area contributed by atoms with Crippen LogP contribution in [0.5, 0.6) is 0 Å². The van der Waals surface area contributed by atoms with Gasteiger partial charge in [-0.2, -0.15) is 0 Å². The summed E-state index contributed by atoms with van der Waals surface area (Å²) in [5.74, 6) is 0.230. The van der Waals surface area contributed by atoms with Crippen LogP contribution in [0.2, 0.25) is 0 Å². The van der Waals surface area contributed by atoms with Crippen LogP contribution in [-0.4, -0.2) is 22.4 Å². The predicted octanol–water partition coefficient (Wildman–Crippen LogP) is 1.16. The highest BCUT2D eigenvalue weighted by Gasteiger charge is 2.39. The second kappa shape index (κ2) is 2.76. The Morgan fingerprint density at radius 1 is 1.27 bits per heavy atom. The molecule has 2 nitrogen and oxygen atoms in total. The summed E-state index contributed by atoms with van der Waals surface area (Å²) in [5, 5.41) is 19.1. The Bertz CT molecular complexity index is 142. The monoisotopic (exact) mass is 158 g/mol. The topological polar surface area (TPSA) is 40.5 Å². The first kappa shape index (κ1) is 9.01. The zero-order chi connectivity index (χ0) is 8.65. The summed E-state index contributed by atoms with van der Waals surface area (Å²) in [6, 6.07) is 0. The molecule has 0 bridgehead atoms. The molecule has 1 aliphatic carbocycles. The Labute approximate surface area is 68.2 Å². The standard InChI is InChI=1S/C9H18O2/c1-6-4-7(10)5-9(2,3)8(6)11/h6-8,10-11H,4-5H2,1-3H3/t6-,7-,8+/m0/s1. The summed E-state index contributed by atoms with van der Waals surface area (Å²) in [6.07, 6.45) is 0.984. The lowest BCUT2D eigenvalue weighted by Crippen LogP contribution is -2.43. The number of aliphatic hydroxyl groups excluding tert-OH is 2. The Morgan fingerprint density at radius 2 is 1.82 bits per heavy atom. The van der Waals surface area contributed by atoms with Crippen molar-refractivity contribution in [3.63, 3.8) is 0 Å². The zero-order valence-corrected chi connectivity index (χ0v) is 7.54. The fraction of sp³-hybridized carbons (Fsp3) is 1.00. The first-order valence-electron chi connectivity index (χ1n) is 4.29. The van der Waals surface area contributed by atoms with Gasteiger partial charge in [-0.1, -0.05) is 20.8 Å². The van der Waals surface area contributed by atoms with Crippen molar-refractivity contribution in [3.05, 3.63) is 0 Å². The first-order valence-corrected chi connectivity index (χ1v) is 4.29. The number of aliphatic hydroxyl groups is 2. The summed E-state index contributed by atoms with van der Waals surface area (Å²) >= 11 is 0. The Morgan fingerprint density at radius 3 is 2.27 bits per heavy atom. The normalized spacial score (nSPS) is 43.9. The van der Waals surface area contributed by atoms with Crippen LogP contribution >= 0.6 is 0 Å². The molecule has 0 aliphatic heterocycles. The molecule has 0 heterocycles. The molecule has 0 aromatic rings. The average molecular weight is 158 g/mol. The van der Waals surface area contributed by atoms with Gasteiger partial charge < -0.3 is 10.2 Å². The van der Waals surface area contributed by atoms with Crippen LogP contribution in [0, 0.1) is 11.3 Å². The van der Waals surface area contributed by atoms with E-state index in [0.29, 0.717) is 0 Å². The van der Waals surface area contributed by atoms with Crippen molar-refractivity contribution in [1.82, 2.24) is 0 Å². The molecule has 2 N–H and O–H groups in total. The third-order valence-electron chi connectivity index (χ3n) is 2.75. The van der Waals surface area contributed by atoms with Gasteiger partial charge in [0.25, 0.3) is 0 Å². The zero-order valence-electron chi connectivity index (χ0n) is 7.54. The molecule has 0 amide bonds. The van der Waals surface area contributed by atoms with E-state index >= 15 is 0 Å². The smallest absolute Gasteiger partial charge is 0.0618 e. The van der Waals surface area contributed by atoms with Crippen LogP contribution in [0.1, 0.15) is 33.6 Å². The van der Waals surface area contributed by atoms with Gasteiger partial charge >= 0.3 is 0 Å². The molecule has 11 heavy (non-hydrogen) atoms. The van der Waals surface area contributed by atoms with E-state index in [4.69, 9.17) is 0 Å². The van der Waals surface area contributed by atoms with E-state index in [9.17, 15) is 10.2 Å². The second-order valence-electron chi connectivity index (χ2n) is 4.50. The Hall–Kier alpha value is -0.0800. The van der Waals surface area contributed by atoms with Gasteiger partial charge in [-0.3, -0.25) is 0 Å². The van der Waals surface area contributed by atoms with Crippen molar-refractivity contribution in [3.8, 4) is 0 Å². The van der Waals surface area contributed by atoms with Crippen LogP contribution in [-0.2, 0) is 0 Å². The molecule has 0 saturated heterocycles. The Kier molecular flexibility index (Phi) is 2.26. The van der Waals surface area contributed by atoms with Gasteiger partial charge in [0.1, 0.15) is 0 Å². The van der Waals surface area contributed by atoms with E-state index in [1.165, 1.54) is 0 Å². The van der Waals surface area contributed by atoms with E-state index in [2.05, 4.69) is 0 Å². The van der Waals surface area contributed by atoms with Gasteiger partial charge in [0.05, 0.1) is 12.2 Å². The average Bonchev–Trinajstić information content (AvgIpc) is 1.81. The first-order chi connectivity index (χ1) is 4.93. The molecule has 0 spiro atoms. The van der Waals surface area contributed by atoms with E-state index in [1.807, 2.05) is 20.8 Å². The van der Waals surface area contributed by atoms with E-state index < -0.39 is 0 Å². The predicted molar refractivity (Wildman–Crippen MR) is 44.2 cm³/mol. The highest BCUT2D eigenvalue weighted by molar-refractivity contribution is 4.89. The maximum Gasteiger partial charge on any atom is 0.0618 e. The molecule has 0 unspecified atom stereocenters. The fourth-order valence-electron chi connectivity index (χ4n) is 2.14. The molecule has 1 fully saturated rings. The van der Waals surface area contributed by atoms with E-state index in [1.54, 1.807) is 0 Å². The third-order valence-corrected chi connectivity index (χ3v) is 2.75. The van der Waals surface area contributed by atoms with Crippen molar-refractivity contribution >= 4 is 0 Å². The molecule has 0 aromatic carbocycles. The number of hydrogen-bond donors (Lipinski definition) is 2. The number of hydrogen-bond acceptors (Lipinski definition) is 2. The van der Waals surface area contributed by atoms with Crippen LogP contribution in [0.4, 0.5) is 0 Å². The molecular weight excluding hydrogens is 140 g/mol. The summed E-state index contributed by atoms with van der Waals surface area (Å²) in [4.78, 5) is 0. The van der Waals surface area contributed by atoms with Gasteiger partial charge in [0.15, 0.2) is 0 Å². The molecule has 66 valence electrons. The summed E-state index contributed by atoms with van der Waals surface area (Å²) < 4.78 is 0. The largest absolute Gasteiger partial charge is 0.393 e. The highest BCUT2D eigenvalue weighted by atomic mass is 16.3. The molecule has 0 aromatic heterocycles. The third kappa shape index (κ3) is 1.74. The van der Waals surface area contributed by atoms with Crippen LogP contribution < -0.4 is 0 Å².